The molecule has 6 nitrogen and oxygen atoms in total. The maximum Gasteiger partial charge on any atom is 0.222 e. The summed E-state index contributed by atoms with van der Waals surface area (Å²) in [5.41, 5.74) is 5.62. The molecule has 1 amide bonds. The molecule has 1 aliphatic rings. The highest BCUT2D eigenvalue weighted by atomic mass is 32.2. The van der Waals surface area contributed by atoms with Gasteiger partial charge >= 0.3 is 0 Å². The topological polar surface area (TPSA) is 92.5 Å². The summed E-state index contributed by atoms with van der Waals surface area (Å²) < 4.78 is 25.7. The maximum absolute atomic E-state index is 12.1. The molecule has 1 saturated heterocycles. The summed E-state index contributed by atoms with van der Waals surface area (Å²) in [6.45, 7) is 5.44. The van der Waals surface area contributed by atoms with E-state index in [0.717, 1.165) is 6.42 Å². The summed E-state index contributed by atoms with van der Waals surface area (Å²) in [4.78, 5) is 13.9. The zero-order chi connectivity index (χ0) is 15.2. The van der Waals surface area contributed by atoms with Gasteiger partial charge in [-0.1, -0.05) is 13.3 Å². The van der Waals surface area contributed by atoms with Crippen LogP contribution in [0, 0.1) is 5.92 Å². The first kappa shape index (κ1) is 17.4. The molecule has 1 rings (SSSR count). The van der Waals surface area contributed by atoms with Gasteiger partial charge in [-0.05, 0) is 32.2 Å². The second-order valence-corrected chi connectivity index (χ2v) is 7.43. The van der Waals surface area contributed by atoms with Crippen molar-refractivity contribution in [2.24, 2.45) is 11.7 Å². The van der Waals surface area contributed by atoms with Crippen LogP contribution in [0.4, 0.5) is 0 Å². The molecule has 1 fully saturated rings. The molecule has 0 aromatic carbocycles. The molecule has 118 valence electrons. The number of nitrogens with two attached hydrogens (primary N) is 1. The van der Waals surface area contributed by atoms with Crippen molar-refractivity contribution in [2.75, 3.05) is 25.4 Å². The van der Waals surface area contributed by atoms with E-state index in [1.165, 1.54) is 0 Å². The molecular weight excluding hydrogens is 278 g/mol. The van der Waals surface area contributed by atoms with Crippen LogP contribution in [0.1, 0.15) is 39.5 Å². The number of sulfonamides is 1. The second-order valence-electron chi connectivity index (χ2n) is 5.39. The summed E-state index contributed by atoms with van der Waals surface area (Å²) in [5, 5.41) is 0. The van der Waals surface area contributed by atoms with E-state index in [9.17, 15) is 13.2 Å². The van der Waals surface area contributed by atoms with Crippen LogP contribution in [-0.4, -0.2) is 50.7 Å². The number of rotatable bonds is 7. The molecule has 0 aliphatic carbocycles. The first-order chi connectivity index (χ1) is 9.41. The van der Waals surface area contributed by atoms with Crippen molar-refractivity contribution in [3.8, 4) is 0 Å². The molecule has 1 heterocycles. The van der Waals surface area contributed by atoms with Crippen molar-refractivity contribution in [2.45, 2.75) is 45.6 Å². The molecule has 0 saturated carbocycles. The Labute approximate surface area is 122 Å². The highest BCUT2D eigenvalue weighted by Gasteiger charge is 2.26. The zero-order valence-electron chi connectivity index (χ0n) is 12.5. The number of nitrogens with zero attached hydrogens (tertiary/aromatic N) is 1. The molecule has 7 heteroatoms. The number of nitrogens with one attached hydrogen (secondary N) is 1. The van der Waals surface area contributed by atoms with Crippen LogP contribution in [0.2, 0.25) is 0 Å². The predicted molar refractivity (Wildman–Crippen MR) is 79.7 cm³/mol. The largest absolute Gasteiger partial charge is 0.343 e. The van der Waals surface area contributed by atoms with Gasteiger partial charge < -0.3 is 10.6 Å². The number of hydrogen-bond donors (Lipinski definition) is 2. The SMILES string of the molecule is CCC(CN)CC(=O)N1CCC(NS(=O)(=O)CC)CC1. The fourth-order valence-corrected chi connectivity index (χ4v) is 3.26. The van der Waals surface area contributed by atoms with E-state index in [1.807, 2.05) is 11.8 Å². The van der Waals surface area contributed by atoms with E-state index < -0.39 is 10.0 Å². The third kappa shape index (κ3) is 5.38. The zero-order valence-corrected chi connectivity index (χ0v) is 13.3. The van der Waals surface area contributed by atoms with E-state index in [2.05, 4.69) is 4.72 Å². The summed E-state index contributed by atoms with van der Waals surface area (Å²) >= 11 is 0. The van der Waals surface area contributed by atoms with Crippen molar-refractivity contribution in [3.05, 3.63) is 0 Å². The van der Waals surface area contributed by atoms with Gasteiger partial charge in [0.2, 0.25) is 15.9 Å². The quantitative estimate of drug-likeness (QED) is 0.707. The highest BCUT2D eigenvalue weighted by molar-refractivity contribution is 7.89. The van der Waals surface area contributed by atoms with E-state index in [0.29, 0.717) is 38.9 Å². The van der Waals surface area contributed by atoms with Gasteiger partial charge in [0.1, 0.15) is 0 Å². The lowest BCUT2D eigenvalue weighted by Crippen LogP contribution is -2.47. The van der Waals surface area contributed by atoms with Crippen molar-refractivity contribution < 1.29 is 13.2 Å². The van der Waals surface area contributed by atoms with Crippen LogP contribution in [0.3, 0.4) is 0 Å². The van der Waals surface area contributed by atoms with Crippen LogP contribution in [0.25, 0.3) is 0 Å². The van der Waals surface area contributed by atoms with Crippen molar-refractivity contribution in [3.63, 3.8) is 0 Å². The smallest absolute Gasteiger partial charge is 0.222 e. The standard InChI is InChI=1S/C13H27N3O3S/c1-3-11(10-14)9-13(17)16-7-5-12(6-8-16)15-20(18,19)4-2/h11-12,15H,3-10,14H2,1-2H3. The number of piperidine rings is 1. The minimum atomic E-state index is -3.15. The molecule has 1 atom stereocenters. The molecule has 1 aliphatic heterocycles. The molecule has 1 unspecified atom stereocenters. The lowest BCUT2D eigenvalue weighted by Gasteiger charge is -2.33. The van der Waals surface area contributed by atoms with Crippen molar-refractivity contribution in [1.29, 1.82) is 0 Å². The Morgan fingerprint density at radius 3 is 2.40 bits per heavy atom. The summed E-state index contributed by atoms with van der Waals surface area (Å²) in [6.07, 6.45) is 2.78. The lowest BCUT2D eigenvalue weighted by molar-refractivity contribution is -0.133. The Morgan fingerprint density at radius 2 is 1.95 bits per heavy atom. The Morgan fingerprint density at radius 1 is 1.35 bits per heavy atom. The van der Waals surface area contributed by atoms with Gasteiger partial charge in [-0.2, -0.15) is 0 Å². The Bertz CT molecular complexity index is 399. The van der Waals surface area contributed by atoms with E-state index in [4.69, 9.17) is 5.73 Å². The molecule has 0 aromatic rings. The van der Waals surface area contributed by atoms with Crippen LogP contribution in [0.5, 0.6) is 0 Å². The van der Waals surface area contributed by atoms with Crippen LogP contribution in [0.15, 0.2) is 0 Å². The highest BCUT2D eigenvalue weighted by Crippen LogP contribution is 2.15. The van der Waals surface area contributed by atoms with Gasteiger partial charge in [-0.25, -0.2) is 13.1 Å². The Hall–Kier alpha value is -0.660. The fraction of sp³-hybridized carbons (Fsp3) is 0.923. The third-order valence-electron chi connectivity index (χ3n) is 3.95. The van der Waals surface area contributed by atoms with Crippen molar-refractivity contribution in [1.82, 2.24) is 9.62 Å². The summed E-state index contributed by atoms with van der Waals surface area (Å²) in [6, 6.07) is -0.0412. The fourth-order valence-electron chi connectivity index (χ4n) is 2.35. The molecule has 0 aromatic heterocycles. The van der Waals surface area contributed by atoms with Gasteiger partial charge in [0.15, 0.2) is 0 Å². The maximum atomic E-state index is 12.1. The van der Waals surface area contributed by atoms with Crippen LogP contribution in [-0.2, 0) is 14.8 Å². The number of carbonyl (C=O) groups excluding carboxylic acids is 1. The lowest BCUT2D eigenvalue weighted by atomic mass is 10.00. The average Bonchev–Trinajstić information content (AvgIpc) is 2.45. The molecule has 0 bridgehead atoms. The van der Waals surface area contributed by atoms with Gasteiger partial charge in [-0.3, -0.25) is 4.79 Å². The Balaban J connectivity index is 2.40. The summed E-state index contributed by atoms with van der Waals surface area (Å²) in [5.74, 6) is 0.485. The molecule has 0 radical (unpaired) electrons. The predicted octanol–water partition coefficient (Wildman–Crippen LogP) is 0.292. The minimum absolute atomic E-state index is 0.0412. The number of carbonyl (C=O) groups is 1. The van der Waals surface area contributed by atoms with E-state index >= 15 is 0 Å². The second kappa shape index (κ2) is 7.95. The van der Waals surface area contributed by atoms with Gasteiger partial charge in [0.05, 0.1) is 5.75 Å². The Kier molecular flexibility index (Phi) is 6.91. The van der Waals surface area contributed by atoms with Gasteiger partial charge in [0.25, 0.3) is 0 Å². The third-order valence-corrected chi connectivity index (χ3v) is 5.40. The number of hydrogen-bond acceptors (Lipinski definition) is 4. The normalized spacial score (nSPS) is 19.1. The van der Waals surface area contributed by atoms with Gasteiger partial charge in [0, 0.05) is 25.6 Å². The average molecular weight is 305 g/mol. The van der Waals surface area contributed by atoms with Crippen LogP contribution < -0.4 is 10.5 Å². The van der Waals surface area contributed by atoms with E-state index in [-0.39, 0.29) is 23.6 Å². The van der Waals surface area contributed by atoms with Gasteiger partial charge in [-0.15, -0.1) is 0 Å². The monoisotopic (exact) mass is 305 g/mol. The van der Waals surface area contributed by atoms with Crippen molar-refractivity contribution >= 4 is 15.9 Å². The minimum Gasteiger partial charge on any atom is -0.343 e. The number of likely N-dealkylation sites (tertiary alicyclic amines) is 1. The first-order valence-electron chi connectivity index (χ1n) is 7.39. The first-order valence-corrected chi connectivity index (χ1v) is 9.04. The van der Waals surface area contributed by atoms with E-state index in [1.54, 1.807) is 6.92 Å². The molecule has 20 heavy (non-hydrogen) atoms. The van der Waals surface area contributed by atoms with Crippen LogP contribution >= 0.6 is 0 Å². The molecular formula is C13H27N3O3S. The molecule has 3 N–H and O–H groups in total. The summed E-state index contributed by atoms with van der Waals surface area (Å²) in [7, 11) is -3.15. The number of amides is 1. The molecule has 0 spiro atoms.